The average molecular weight is 553 g/mol. The molecule has 3 unspecified atom stereocenters. The molecule has 5 rings (SSSR count). The Labute approximate surface area is 233 Å². The Morgan fingerprint density at radius 1 is 0.842 bits per heavy atom. The molecule has 3 saturated heterocycles. The number of carbonyl (C=O) groups excluding carboxylic acids is 1. The molecule has 0 aromatic heterocycles. The van der Waals surface area contributed by atoms with Crippen LogP contribution in [0.2, 0.25) is 0 Å². The highest BCUT2D eigenvalue weighted by Gasteiger charge is 2.52. The van der Waals surface area contributed by atoms with Gasteiger partial charge < -0.3 is 21.3 Å². The molecule has 0 spiro atoms. The summed E-state index contributed by atoms with van der Waals surface area (Å²) in [6, 6.07) is 18.7. The van der Waals surface area contributed by atoms with E-state index in [9.17, 15) is 4.79 Å². The molecule has 2 aromatic carbocycles. The molecule has 38 heavy (non-hydrogen) atoms. The molecule has 2 aromatic rings. The van der Waals surface area contributed by atoms with Gasteiger partial charge in [0, 0.05) is 69.3 Å². The van der Waals surface area contributed by atoms with Crippen LogP contribution in [0.5, 0.6) is 0 Å². The molecule has 5 nitrogen and oxygen atoms in total. The first kappa shape index (κ1) is 28.3. The minimum absolute atomic E-state index is 0.0497. The zero-order chi connectivity index (χ0) is 27.0. The number of hydrogen-bond acceptors (Lipinski definition) is 5. The molecule has 0 amide bonds. The molecule has 0 aliphatic carbocycles. The van der Waals surface area contributed by atoms with Crippen LogP contribution in [-0.2, 0) is 16.4 Å². The van der Waals surface area contributed by atoms with Gasteiger partial charge in [0.05, 0.1) is 0 Å². The molecular weight excluding hydrogens is 506 g/mol. The van der Waals surface area contributed by atoms with Crippen molar-refractivity contribution in [1.29, 1.82) is 0 Å². The van der Waals surface area contributed by atoms with E-state index in [1.807, 2.05) is 0 Å². The summed E-state index contributed by atoms with van der Waals surface area (Å²) in [4.78, 5) is 12.9. The minimum Gasteiger partial charge on any atom is -0.314 e. The third-order valence-corrected chi connectivity index (χ3v) is 13.4. The molecular formula is C31H46N4OP2. The summed E-state index contributed by atoms with van der Waals surface area (Å²) in [5.74, 6) is 0.412. The summed E-state index contributed by atoms with van der Waals surface area (Å²) in [7, 11) is 2.77. The van der Waals surface area contributed by atoms with E-state index < -0.39 is 7.92 Å². The van der Waals surface area contributed by atoms with E-state index >= 15 is 0 Å². The van der Waals surface area contributed by atoms with Crippen molar-refractivity contribution in [2.75, 3.05) is 39.3 Å². The van der Waals surface area contributed by atoms with E-state index in [1.165, 1.54) is 22.0 Å². The fraction of sp³-hybridized carbons (Fsp3) is 0.581. The predicted molar refractivity (Wildman–Crippen MR) is 165 cm³/mol. The first-order valence-electron chi connectivity index (χ1n) is 14.3. The molecule has 3 heterocycles. The smallest absolute Gasteiger partial charge is 0.134 e. The number of Topliss-reactive ketones (excluding diaryl/α,β-unsaturated/α-hetero) is 1. The van der Waals surface area contributed by atoms with Gasteiger partial charge in [-0.2, -0.15) is 0 Å². The topological polar surface area (TPSA) is 65.2 Å². The highest BCUT2D eigenvalue weighted by molar-refractivity contribution is 7.69. The normalized spacial score (nSPS) is 27.6. The number of nitrogens with one attached hydrogen (secondary N) is 4. The number of carbonyl (C=O) groups is 1. The second kappa shape index (κ2) is 11.4. The lowest BCUT2D eigenvalue weighted by atomic mass is 9.81. The van der Waals surface area contributed by atoms with E-state index in [0.717, 1.165) is 45.7 Å². The Morgan fingerprint density at radius 2 is 1.42 bits per heavy atom. The number of hydrogen-bond donors (Lipinski definition) is 4. The first-order valence-corrected chi connectivity index (χ1v) is 16.2. The third-order valence-electron chi connectivity index (χ3n) is 8.72. The Balaban J connectivity index is 1.69. The summed E-state index contributed by atoms with van der Waals surface area (Å²) >= 11 is 0. The summed E-state index contributed by atoms with van der Waals surface area (Å²) < 4.78 is 0. The van der Waals surface area contributed by atoms with Crippen LogP contribution in [0.1, 0.15) is 57.2 Å². The van der Waals surface area contributed by atoms with Gasteiger partial charge in [-0.15, -0.1) is 9.24 Å². The van der Waals surface area contributed by atoms with Crippen molar-refractivity contribution in [2.45, 2.75) is 74.5 Å². The van der Waals surface area contributed by atoms with Gasteiger partial charge in [0.1, 0.15) is 5.78 Å². The summed E-state index contributed by atoms with van der Waals surface area (Å²) in [6.07, 6.45) is 2.26. The second-order valence-corrected chi connectivity index (χ2v) is 17.3. The molecule has 3 aliphatic rings. The average Bonchev–Trinajstić information content (AvgIpc) is 2.89. The van der Waals surface area contributed by atoms with Crippen LogP contribution in [0.25, 0.3) is 0 Å². The van der Waals surface area contributed by atoms with Crippen LogP contribution in [0.3, 0.4) is 0 Å². The van der Waals surface area contributed by atoms with Crippen molar-refractivity contribution >= 4 is 28.2 Å². The summed E-state index contributed by atoms with van der Waals surface area (Å²) in [5, 5.41) is 16.3. The van der Waals surface area contributed by atoms with Crippen LogP contribution >= 0.6 is 17.2 Å². The fourth-order valence-electron chi connectivity index (χ4n) is 7.32. The highest BCUT2D eigenvalue weighted by atomic mass is 31.1. The molecule has 3 atom stereocenters. The van der Waals surface area contributed by atoms with Crippen LogP contribution < -0.4 is 26.6 Å². The Bertz CT molecular complexity index is 1090. The molecule has 206 valence electrons. The second-order valence-electron chi connectivity index (χ2n) is 12.7. The lowest BCUT2D eigenvalue weighted by molar-refractivity contribution is -0.120. The zero-order valence-corrected chi connectivity index (χ0v) is 25.6. The minimum atomic E-state index is -0.609. The van der Waals surface area contributed by atoms with Gasteiger partial charge in [0.2, 0.25) is 0 Å². The van der Waals surface area contributed by atoms with Gasteiger partial charge in [-0.3, -0.25) is 4.79 Å². The van der Waals surface area contributed by atoms with Crippen molar-refractivity contribution in [3.05, 3.63) is 65.2 Å². The van der Waals surface area contributed by atoms with E-state index in [2.05, 4.69) is 107 Å². The van der Waals surface area contributed by atoms with Crippen LogP contribution in [-0.4, -0.2) is 67.4 Å². The quantitative estimate of drug-likeness (QED) is 0.414. The van der Waals surface area contributed by atoms with E-state index in [-0.39, 0.29) is 27.6 Å². The lowest BCUT2D eigenvalue weighted by Crippen LogP contribution is -2.67. The number of benzene rings is 2. The van der Waals surface area contributed by atoms with E-state index in [1.54, 1.807) is 0 Å². The molecule has 3 fully saturated rings. The molecule has 4 N–H and O–H groups in total. The molecule has 3 aliphatic heterocycles. The Morgan fingerprint density at radius 3 is 1.95 bits per heavy atom. The number of rotatable bonds is 6. The van der Waals surface area contributed by atoms with Crippen molar-refractivity contribution in [3.8, 4) is 0 Å². The van der Waals surface area contributed by atoms with Gasteiger partial charge >= 0.3 is 0 Å². The van der Waals surface area contributed by atoms with E-state index in [4.69, 9.17) is 0 Å². The molecule has 7 heteroatoms. The molecule has 0 radical (unpaired) electrons. The van der Waals surface area contributed by atoms with Crippen molar-refractivity contribution in [2.24, 2.45) is 0 Å². The van der Waals surface area contributed by atoms with Gasteiger partial charge in [-0.05, 0) is 38.7 Å². The monoisotopic (exact) mass is 552 g/mol. The summed E-state index contributed by atoms with van der Waals surface area (Å²) in [5.41, 5.74) is 4.14. The maximum Gasteiger partial charge on any atom is 0.134 e. The van der Waals surface area contributed by atoms with Gasteiger partial charge in [0.15, 0.2) is 0 Å². The van der Waals surface area contributed by atoms with Crippen LogP contribution in [0, 0.1) is 0 Å². The molecule has 0 bridgehead atoms. The molecule has 0 saturated carbocycles. The van der Waals surface area contributed by atoms with Crippen LogP contribution in [0.4, 0.5) is 0 Å². The van der Waals surface area contributed by atoms with Gasteiger partial charge in [-0.1, -0.05) is 84.1 Å². The summed E-state index contributed by atoms with van der Waals surface area (Å²) in [6.45, 7) is 15.2. The number of ketones is 1. The maximum absolute atomic E-state index is 12.9. The lowest BCUT2D eigenvalue weighted by Gasteiger charge is -2.53. The van der Waals surface area contributed by atoms with Crippen molar-refractivity contribution in [1.82, 2.24) is 21.3 Å². The van der Waals surface area contributed by atoms with Crippen molar-refractivity contribution < 1.29 is 4.79 Å². The zero-order valence-electron chi connectivity index (χ0n) is 23.6. The van der Waals surface area contributed by atoms with Crippen LogP contribution in [0.15, 0.2) is 48.5 Å². The predicted octanol–water partition coefficient (Wildman–Crippen LogP) is 3.50. The Hall–Kier alpha value is -1.19. The highest BCUT2D eigenvalue weighted by Crippen LogP contribution is 2.65. The van der Waals surface area contributed by atoms with Gasteiger partial charge in [-0.25, -0.2) is 0 Å². The Kier molecular flexibility index (Phi) is 8.47. The van der Waals surface area contributed by atoms with Crippen molar-refractivity contribution in [3.63, 3.8) is 0 Å². The first-order chi connectivity index (χ1) is 18.1. The maximum atomic E-state index is 12.9. The fourth-order valence-corrected chi connectivity index (χ4v) is 12.5. The van der Waals surface area contributed by atoms with Gasteiger partial charge in [0.25, 0.3) is 0 Å². The van der Waals surface area contributed by atoms with E-state index in [0.29, 0.717) is 18.6 Å². The standard InChI is InChI=1S/C31H46N4OP2/c1-29(2)18-24(36)19-30(3,4)38(29)26-11-10-23(16-22-8-6-5-7-9-22)17-25(26)31(37,27-20-32-12-14-34-27)28-21-33-13-15-35-28/h5-11,17,27-28,32-35H,12-16,18-21,37H2,1-4H3. The third kappa shape index (κ3) is 5.67. The largest absolute Gasteiger partial charge is 0.314 e. The SMILES string of the molecule is CC1(C)CC(=O)CC(C)(C)P1c1ccc(Cc2ccccc2)cc1C(P)(C1CNCCN1)C1CNCCN1. The number of piperazine rings is 2.